The van der Waals surface area contributed by atoms with Gasteiger partial charge in [0.15, 0.2) is 12.7 Å². The van der Waals surface area contributed by atoms with Gasteiger partial charge in [-0.25, -0.2) is 4.79 Å². The minimum atomic E-state index is -0.973. The van der Waals surface area contributed by atoms with Gasteiger partial charge >= 0.3 is 5.97 Å². The van der Waals surface area contributed by atoms with Crippen molar-refractivity contribution in [1.29, 1.82) is 0 Å². The molecule has 150 valence electrons. The molecule has 28 heavy (non-hydrogen) atoms. The number of hydrogen-bond acceptors (Lipinski definition) is 5. The number of para-hydroxylation sites is 3. The fraction of sp³-hybridized carbons (Fsp3) is 0.364. The lowest BCUT2D eigenvalue weighted by atomic mass is 9.86. The molecular weight excluding hydrogens is 358 g/mol. The van der Waals surface area contributed by atoms with Gasteiger partial charge in [-0.1, -0.05) is 51.1 Å². The van der Waals surface area contributed by atoms with Crippen molar-refractivity contribution in [3.8, 4) is 11.5 Å². The van der Waals surface area contributed by atoms with Crippen LogP contribution >= 0.6 is 0 Å². The van der Waals surface area contributed by atoms with E-state index in [1.165, 1.54) is 14.0 Å². The van der Waals surface area contributed by atoms with E-state index in [0.717, 1.165) is 5.56 Å². The van der Waals surface area contributed by atoms with Crippen LogP contribution in [0.25, 0.3) is 0 Å². The molecule has 1 amide bonds. The van der Waals surface area contributed by atoms with Crippen molar-refractivity contribution >= 4 is 17.6 Å². The lowest BCUT2D eigenvalue weighted by Crippen LogP contribution is -2.32. The van der Waals surface area contributed by atoms with Gasteiger partial charge in [0.1, 0.15) is 11.5 Å². The first-order valence-electron chi connectivity index (χ1n) is 9.08. The van der Waals surface area contributed by atoms with Crippen LogP contribution in [0, 0.1) is 0 Å². The van der Waals surface area contributed by atoms with Gasteiger partial charge in [0.25, 0.3) is 5.91 Å². The zero-order valence-electron chi connectivity index (χ0n) is 16.9. The summed E-state index contributed by atoms with van der Waals surface area (Å²) in [6.45, 7) is 7.43. The van der Waals surface area contributed by atoms with Crippen molar-refractivity contribution in [2.45, 2.75) is 39.2 Å². The Labute approximate surface area is 165 Å². The average Bonchev–Trinajstić information content (AvgIpc) is 2.66. The molecule has 0 spiro atoms. The van der Waals surface area contributed by atoms with Crippen LogP contribution < -0.4 is 14.8 Å². The zero-order valence-corrected chi connectivity index (χ0v) is 16.9. The number of ether oxygens (including phenoxy) is 3. The first-order valence-corrected chi connectivity index (χ1v) is 9.08. The van der Waals surface area contributed by atoms with Gasteiger partial charge in [-0.05, 0) is 36.1 Å². The molecule has 6 heteroatoms. The van der Waals surface area contributed by atoms with E-state index >= 15 is 0 Å². The monoisotopic (exact) mass is 385 g/mol. The van der Waals surface area contributed by atoms with Crippen molar-refractivity contribution < 1.29 is 23.8 Å². The maximum atomic E-state index is 12.3. The number of carbonyl (C=O) groups excluding carboxylic acids is 2. The first kappa shape index (κ1) is 21.3. The molecule has 0 unspecified atom stereocenters. The minimum Gasteiger partial charge on any atom is -0.495 e. The molecule has 0 aromatic heterocycles. The summed E-state index contributed by atoms with van der Waals surface area (Å²) in [5.74, 6) is 0.0777. The number of anilines is 1. The molecule has 0 radical (unpaired) electrons. The van der Waals surface area contributed by atoms with E-state index in [4.69, 9.17) is 14.2 Å². The maximum absolute atomic E-state index is 12.3. The minimum absolute atomic E-state index is 0.123. The molecule has 1 N–H and O–H groups in total. The van der Waals surface area contributed by atoms with Crippen LogP contribution in [0.4, 0.5) is 5.69 Å². The Bertz CT molecular complexity index is 826. The number of amides is 1. The molecule has 0 aliphatic rings. The van der Waals surface area contributed by atoms with E-state index in [-0.39, 0.29) is 12.0 Å². The molecule has 2 aromatic rings. The van der Waals surface area contributed by atoms with Gasteiger partial charge in [0.05, 0.1) is 12.8 Å². The fourth-order valence-corrected chi connectivity index (χ4v) is 2.62. The smallest absolute Gasteiger partial charge is 0.344 e. The Morgan fingerprint density at radius 3 is 2.25 bits per heavy atom. The van der Waals surface area contributed by atoms with Gasteiger partial charge in [-0.3, -0.25) is 4.79 Å². The largest absolute Gasteiger partial charge is 0.495 e. The third-order valence-electron chi connectivity index (χ3n) is 4.08. The molecule has 2 rings (SSSR count). The standard InChI is InChI=1S/C22H27NO5/c1-15(21(25)23-17-11-7-9-13-19(17)26-5)28-20(24)14-27-18-12-8-6-10-16(18)22(2,3)4/h6-13,15H,14H2,1-5H3,(H,23,25)/t15-/m1/s1. The highest BCUT2D eigenvalue weighted by atomic mass is 16.6. The highest BCUT2D eigenvalue weighted by molar-refractivity contribution is 5.96. The van der Waals surface area contributed by atoms with Crippen molar-refractivity contribution in [2.24, 2.45) is 0 Å². The number of carbonyl (C=O) groups is 2. The fourth-order valence-electron chi connectivity index (χ4n) is 2.62. The number of esters is 1. The molecule has 0 bridgehead atoms. The van der Waals surface area contributed by atoms with Crippen LogP contribution in [-0.2, 0) is 19.7 Å². The number of benzene rings is 2. The Balaban J connectivity index is 1.92. The second kappa shape index (κ2) is 9.26. The highest BCUT2D eigenvalue weighted by Gasteiger charge is 2.21. The Hall–Kier alpha value is -3.02. The third kappa shape index (κ3) is 5.74. The third-order valence-corrected chi connectivity index (χ3v) is 4.08. The Morgan fingerprint density at radius 2 is 1.61 bits per heavy atom. The van der Waals surface area contributed by atoms with E-state index < -0.39 is 18.0 Å². The van der Waals surface area contributed by atoms with E-state index in [1.807, 2.05) is 24.3 Å². The van der Waals surface area contributed by atoms with E-state index in [0.29, 0.717) is 17.2 Å². The number of rotatable bonds is 7. The van der Waals surface area contributed by atoms with Crippen LogP contribution in [0.2, 0.25) is 0 Å². The summed E-state index contributed by atoms with van der Waals surface area (Å²) in [6.07, 6.45) is -0.973. The quantitative estimate of drug-likeness (QED) is 0.731. The summed E-state index contributed by atoms with van der Waals surface area (Å²) in [5, 5.41) is 2.69. The molecule has 0 fully saturated rings. The second-order valence-corrected chi connectivity index (χ2v) is 7.36. The SMILES string of the molecule is COc1ccccc1NC(=O)[C@@H](C)OC(=O)COc1ccccc1C(C)(C)C. The predicted octanol–water partition coefficient (Wildman–Crippen LogP) is 3.94. The summed E-state index contributed by atoms with van der Waals surface area (Å²) in [6, 6.07) is 14.6. The first-order chi connectivity index (χ1) is 13.2. The summed E-state index contributed by atoms with van der Waals surface area (Å²) in [7, 11) is 1.52. The van der Waals surface area contributed by atoms with Gasteiger partial charge < -0.3 is 19.5 Å². The van der Waals surface area contributed by atoms with Crippen LogP contribution in [0.3, 0.4) is 0 Å². The summed E-state index contributed by atoms with van der Waals surface area (Å²) < 4.78 is 16.0. The summed E-state index contributed by atoms with van der Waals surface area (Å²) in [4.78, 5) is 24.4. The topological polar surface area (TPSA) is 73.9 Å². The van der Waals surface area contributed by atoms with E-state index in [1.54, 1.807) is 24.3 Å². The molecular formula is C22H27NO5. The molecule has 2 aromatic carbocycles. The second-order valence-electron chi connectivity index (χ2n) is 7.36. The van der Waals surface area contributed by atoms with Gasteiger partial charge in [-0.15, -0.1) is 0 Å². The van der Waals surface area contributed by atoms with E-state index in [9.17, 15) is 9.59 Å². The molecule has 0 aliphatic heterocycles. The molecule has 1 atom stereocenters. The molecule has 6 nitrogen and oxygen atoms in total. The maximum Gasteiger partial charge on any atom is 0.344 e. The molecule has 0 saturated heterocycles. The van der Waals surface area contributed by atoms with Gasteiger partial charge in [0.2, 0.25) is 0 Å². The van der Waals surface area contributed by atoms with Crippen LogP contribution in [0.15, 0.2) is 48.5 Å². The van der Waals surface area contributed by atoms with Gasteiger partial charge in [-0.2, -0.15) is 0 Å². The van der Waals surface area contributed by atoms with Crippen LogP contribution in [0.1, 0.15) is 33.3 Å². The van der Waals surface area contributed by atoms with Crippen molar-refractivity contribution in [3.05, 3.63) is 54.1 Å². The lowest BCUT2D eigenvalue weighted by molar-refractivity contribution is -0.155. The van der Waals surface area contributed by atoms with E-state index in [2.05, 4.69) is 26.1 Å². The molecule has 0 heterocycles. The normalized spacial score (nSPS) is 12.0. The zero-order chi connectivity index (χ0) is 20.7. The van der Waals surface area contributed by atoms with Crippen LogP contribution in [0.5, 0.6) is 11.5 Å². The van der Waals surface area contributed by atoms with Crippen molar-refractivity contribution in [3.63, 3.8) is 0 Å². The lowest BCUT2D eigenvalue weighted by Gasteiger charge is -2.22. The number of hydrogen-bond donors (Lipinski definition) is 1. The highest BCUT2D eigenvalue weighted by Crippen LogP contribution is 2.31. The summed E-state index contributed by atoms with van der Waals surface area (Å²) >= 11 is 0. The number of methoxy groups -OCH3 is 1. The molecule has 0 aliphatic carbocycles. The van der Waals surface area contributed by atoms with Crippen molar-refractivity contribution in [2.75, 3.05) is 19.0 Å². The Kier molecular flexibility index (Phi) is 7.04. The predicted molar refractivity (Wildman–Crippen MR) is 108 cm³/mol. The van der Waals surface area contributed by atoms with Crippen molar-refractivity contribution in [1.82, 2.24) is 0 Å². The van der Waals surface area contributed by atoms with Crippen LogP contribution in [-0.4, -0.2) is 31.7 Å². The Morgan fingerprint density at radius 1 is 1.00 bits per heavy atom. The summed E-state index contributed by atoms with van der Waals surface area (Å²) in [5.41, 5.74) is 1.38. The van der Waals surface area contributed by atoms with Gasteiger partial charge in [0, 0.05) is 0 Å². The molecule has 0 saturated carbocycles. The number of nitrogens with one attached hydrogen (secondary N) is 1. The average molecular weight is 385 g/mol.